The Morgan fingerprint density at radius 1 is 1.28 bits per heavy atom. The summed E-state index contributed by atoms with van der Waals surface area (Å²) in [4.78, 5) is 0. The Balaban J connectivity index is 2.00. The third-order valence-electron chi connectivity index (χ3n) is 3.17. The summed E-state index contributed by atoms with van der Waals surface area (Å²) in [6, 6.07) is 10.5. The smallest absolute Gasteiger partial charge is 0.134 e. The molecule has 0 aliphatic heterocycles. The van der Waals surface area contributed by atoms with Crippen molar-refractivity contribution in [2.24, 2.45) is 5.92 Å². The van der Waals surface area contributed by atoms with Gasteiger partial charge in [0.05, 0.1) is 13.2 Å². The van der Waals surface area contributed by atoms with Crippen LogP contribution in [-0.2, 0) is 11.3 Å². The molecule has 1 aromatic heterocycles. The molecule has 1 aromatic carbocycles. The van der Waals surface area contributed by atoms with Crippen LogP contribution in [0.2, 0.25) is 0 Å². The Morgan fingerprint density at radius 3 is 2.72 bits per heavy atom. The first kappa shape index (κ1) is 13.1. The highest BCUT2D eigenvalue weighted by Crippen LogP contribution is 2.18. The molecule has 18 heavy (non-hydrogen) atoms. The largest absolute Gasteiger partial charge is 0.460 e. The highest BCUT2D eigenvalue weighted by Gasteiger charge is 2.13. The van der Waals surface area contributed by atoms with Crippen LogP contribution in [0.5, 0.6) is 0 Å². The molecular formula is C15H21NO2. The first-order chi connectivity index (χ1) is 8.70. The lowest BCUT2D eigenvalue weighted by molar-refractivity contribution is 0.145. The van der Waals surface area contributed by atoms with Crippen molar-refractivity contribution >= 4 is 11.0 Å². The van der Waals surface area contributed by atoms with Crippen LogP contribution < -0.4 is 5.32 Å². The Morgan fingerprint density at radius 2 is 2.06 bits per heavy atom. The molecule has 1 atom stereocenters. The number of nitrogens with one attached hydrogen (secondary N) is 1. The van der Waals surface area contributed by atoms with Crippen molar-refractivity contribution in [3.8, 4) is 0 Å². The average molecular weight is 247 g/mol. The second-order valence-corrected chi connectivity index (χ2v) is 4.94. The molecule has 0 amide bonds. The van der Waals surface area contributed by atoms with Gasteiger partial charge in [-0.25, -0.2) is 0 Å². The molecule has 0 bridgehead atoms. The monoisotopic (exact) mass is 247 g/mol. The number of ether oxygens (including phenoxy) is 1. The van der Waals surface area contributed by atoms with Crippen molar-refractivity contribution in [2.45, 2.75) is 26.4 Å². The van der Waals surface area contributed by atoms with Gasteiger partial charge in [-0.3, -0.25) is 0 Å². The number of furan rings is 1. The molecule has 1 unspecified atom stereocenters. The van der Waals surface area contributed by atoms with Crippen molar-refractivity contribution in [1.82, 2.24) is 5.32 Å². The van der Waals surface area contributed by atoms with E-state index in [4.69, 9.17) is 9.15 Å². The molecule has 2 aromatic rings. The molecule has 2 rings (SSSR count). The van der Waals surface area contributed by atoms with Gasteiger partial charge in [-0.1, -0.05) is 32.0 Å². The maximum absolute atomic E-state index is 5.77. The Bertz CT molecular complexity index is 457. The van der Waals surface area contributed by atoms with Gasteiger partial charge in [-0.2, -0.15) is 0 Å². The molecule has 0 fully saturated rings. The maximum atomic E-state index is 5.77. The minimum Gasteiger partial charge on any atom is -0.460 e. The molecule has 1 N–H and O–H groups in total. The minimum absolute atomic E-state index is 0.350. The van der Waals surface area contributed by atoms with E-state index >= 15 is 0 Å². The Hall–Kier alpha value is -1.32. The van der Waals surface area contributed by atoms with E-state index in [1.54, 1.807) is 7.11 Å². The van der Waals surface area contributed by atoms with Crippen LogP contribution in [0.15, 0.2) is 34.7 Å². The van der Waals surface area contributed by atoms with Gasteiger partial charge in [0, 0.05) is 18.5 Å². The van der Waals surface area contributed by atoms with Crippen LogP contribution in [0, 0.1) is 5.92 Å². The molecule has 1 heterocycles. The van der Waals surface area contributed by atoms with Crippen molar-refractivity contribution in [3.63, 3.8) is 0 Å². The van der Waals surface area contributed by atoms with E-state index in [9.17, 15) is 0 Å². The quantitative estimate of drug-likeness (QED) is 0.851. The van der Waals surface area contributed by atoms with Gasteiger partial charge in [0.15, 0.2) is 0 Å². The van der Waals surface area contributed by atoms with Crippen LogP contribution in [0.4, 0.5) is 0 Å². The zero-order valence-electron chi connectivity index (χ0n) is 11.3. The molecule has 0 saturated heterocycles. The van der Waals surface area contributed by atoms with E-state index in [0.29, 0.717) is 12.0 Å². The predicted octanol–water partition coefficient (Wildman–Crippen LogP) is 3.19. The third kappa shape index (κ3) is 3.12. The van der Waals surface area contributed by atoms with Gasteiger partial charge in [-0.05, 0) is 18.1 Å². The predicted molar refractivity (Wildman–Crippen MR) is 73.6 cm³/mol. The van der Waals surface area contributed by atoms with Crippen molar-refractivity contribution in [1.29, 1.82) is 0 Å². The number of hydrogen-bond acceptors (Lipinski definition) is 3. The van der Waals surface area contributed by atoms with Crippen LogP contribution >= 0.6 is 0 Å². The first-order valence-corrected chi connectivity index (χ1v) is 6.40. The summed E-state index contributed by atoms with van der Waals surface area (Å²) >= 11 is 0. The van der Waals surface area contributed by atoms with Crippen LogP contribution in [0.25, 0.3) is 11.0 Å². The minimum atomic E-state index is 0.350. The summed E-state index contributed by atoms with van der Waals surface area (Å²) in [5.74, 6) is 1.51. The Labute approximate surface area is 108 Å². The normalized spacial score (nSPS) is 13.3. The topological polar surface area (TPSA) is 34.4 Å². The third-order valence-corrected chi connectivity index (χ3v) is 3.17. The number of methoxy groups -OCH3 is 1. The van der Waals surface area contributed by atoms with E-state index < -0.39 is 0 Å². The molecular weight excluding hydrogens is 226 g/mol. The SMILES string of the molecule is COCC(NCc1cc2ccccc2o1)C(C)C. The fourth-order valence-corrected chi connectivity index (χ4v) is 2.02. The molecule has 98 valence electrons. The highest BCUT2D eigenvalue weighted by molar-refractivity contribution is 5.77. The summed E-state index contributed by atoms with van der Waals surface area (Å²) in [5, 5.41) is 4.63. The average Bonchev–Trinajstić information content (AvgIpc) is 2.76. The number of benzene rings is 1. The number of para-hydroxylation sites is 1. The molecule has 0 spiro atoms. The molecule has 0 aliphatic rings. The van der Waals surface area contributed by atoms with Gasteiger partial charge in [-0.15, -0.1) is 0 Å². The van der Waals surface area contributed by atoms with Gasteiger partial charge >= 0.3 is 0 Å². The summed E-state index contributed by atoms with van der Waals surface area (Å²) < 4.78 is 11.0. The second kappa shape index (κ2) is 6.03. The molecule has 3 nitrogen and oxygen atoms in total. The van der Waals surface area contributed by atoms with E-state index in [1.807, 2.05) is 18.2 Å². The zero-order valence-corrected chi connectivity index (χ0v) is 11.3. The summed E-state index contributed by atoms with van der Waals surface area (Å²) in [6.07, 6.45) is 0. The fraction of sp³-hybridized carbons (Fsp3) is 0.467. The van der Waals surface area contributed by atoms with Crippen molar-refractivity contribution in [2.75, 3.05) is 13.7 Å². The van der Waals surface area contributed by atoms with Crippen molar-refractivity contribution in [3.05, 3.63) is 36.1 Å². The maximum Gasteiger partial charge on any atom is 0.134 e. The van der Waals surface area contributed by atoms with Gasteiger partial charge in [0.2, 0.25) is 0 Å². The van der Waals surface area contributed by atoms with Crippen LogP contribution in [-0.4, -0.2) is 19.8 Å². The van der Waals surface area contributed by atoms with Gasteiger partial charge in [0.1, 0.15) is 11.3 Å². The lowest BCUT2D eigenvalue weighted by Crippen LogP contribution is -2.37. The molecule has 3 heteroatoms. The van der Waals surface area contributed by atoms with Crippen LogP contribution in [0.3, 0.4) is 0 Å². The fourth-order valence-electron chi connectivity index (χ4n) is 2.02. The highest BCUT2D eigenvalue weighted by atomic mass is 16.5. The first-order valence-electron chi connectivity index (χ1n) is 6.40. The molecule has 0 aliphatic carbocycles. The van der Waals surface area contributed by atoms with E-state index in [-0.39, 0.29) is 0 Å². The summed E-state index contributed by atoms with van der Waals surface area (Å²) in [7, 11) is 1.73. The number of hydrogen-bond donors (Lipinski definition) is 1. The standard InChI is InChI=1S/C15H21NO2/c1-11(2)14(10-17-3)16-9-13-8-12-6-4-5-7-15(12)18-13/h4-8,11,14,16H,9-10H2,1-3H3. The summed E-state index contributed by atoms with van der Waals surface area (Å²) in [6.45, 7) is 5.84. The number of rotatable bonds is 6. The van der Waals surface area contributed by atoms with E-state index in [0.717, 1.165) is 29.9 Å². The lowest BCUT2D eigenvalue weighted by atomic mass is 10.1. The van der Waals surface area contributed by atoms with Crippen molar-refractivity contribution < 1.29 is 9.15 Å². The summed E-state index contributed by atoms with van der Waals surface area (Å²) in [5.41, 5.74) is 0.946. The zero-order chi connectivity index (χ0) is 13.0. The Kier molecular flexibility index (Phi) is 4.39. The van der Waals surface area contributed by atoms with E-state index in [2.05, 4.69) is 31.3 Å². The second-order valence-electron chi connectivity index (χ2n) is 4.94. The van der Waals surface area contributed by atoms with Gasteiger partial charge < -0.3 is 14.5 Å². The number of fused-ring (bicyclic) bond motifs is 1. The van der Waals surface area contributed by atoms with Crippen LogP contribution in [0.1, 0.15) is 19.6 Å². The lowest BCUT2D eigenvalue weighted by Gasteiger charge is -2.20. The molecule has 0 saturated carbocycles. The van der Waals surface area contributed by atoms with E-state index in [1.165, 1.54) is 0 Å². The van der Waals surface area contributed by atoms with Gasteiger partial charge in [0.25, 0.3) is 0 Å². The molecule has 0 radical (unpaired) electrons.